The van der Waals surface area contributed by atoms with Crippen molar-refractivity contribution in [1.29, 1.82) is 0 Å². The summed E-state index contributed by atoms with van der Waals surface area (Å²) in [6.45, 7) is 2.22. The number of hydrogen-bond donors (Lipinski definition) is 1. The average Bonchev–Trinajstić information content (AvgIpc) is 2.91. The summed E-state index contributed by atoms with van der Waals surface area (Å²) in [6.07, 6.45) is 2.35. The maximum absolute atomic E-state index is 6.09. The van der Waals surface area contributed by atoms with Crippen LogP contribution in [-0.4, -0.2) is 0 Å². The van der Waals surface area contributed by atoms with Crippen molar-refractivity contribution in [1.82, 2.24) is 5.32 Å². The Morgan fingerprint density at radius 2 is 2.11 bits per heavy atom. The lowest BCUT2D eigenvalue weighted by atomic mass is 10.1. The van der Waals surface area contributed by atoms with Crippen LogP contribution in [0.5, 0.6) is 0 Å². The molecule has 0 aliphatic heterocycles. The third kappa shape index (κ3) is 2.33. The summed E-state index contributed by atoms with van der Waals surface area (Å²) in [5.41, 5.74) is 2.75. The zero-order valence-electron chi connectivity index (χ0n) is 10.3. The maximum atomic E-state index is 6.09. The van der Waals surface area contributed by atoms with Gasteiger partial charge >= 0.3 is 0 Å². The molecular weight excluding hydrogens is 262 g/mol. The van der Waals surface area contributed by atoms with Gasteiger partial charge in [0, 0.05) is 17.0 Å². The van der Waals surface area contributed by atoms with Gasteiger partial charge < -0.3 is 5.32 Å². The highest BCUT2D eigenvalue weighted by atomic mass is 35.5. The van der Waals surface area contributed by atoms with Crippen LogP contribution < -0.4 is 5.32 Å². The predicted molar refractivity (Wildman–Crippen MR) is 78.4 cm³/mol. The van der Waals surface area contributed by atoms with Gasteiger partial charge in [0.15, 0.2) is 0 Å². The summed E-state index contributed by atoms with van der Waals surface area (Å²) in [5, 5.41) is 3.71. The molecule has 1 N–H and O–H groups in total. The number of aryl methyl sites for hydroxylation is 1. The Hall–Kier alpha value is -0.830. The van der Waals surface area contributed by atoms with E-state index >= 15 is 0 Å². The molecule has 1 unspecified atom stereocenters. The van der Waals surface area contributed by atoms with Crippen molar-refractivity contribution in [3.63, 3.8) is 0 Å². The molecule has 0 radical (unpaired) electrons. The second kappa shape index (κ2) is 5.04. The highest BCUT2D eigenvalue weighted by molar-refractivity contribution is 7.16. The van der Waals surface area contributed by atoms with Crippen LogP contribution in [0.2, 0.25) is 4.34 Å². The summed E-state index contributed by atoms with van der Waals surface area (Å²) >= 11 is 7.82. The van der Waals surface area contributed by atoms with Gasteiger partial charge in [-0.2, -0.15) is 0 Å². The molecule has 94 valence electrons. The van der Waals surface area contributed by atoms with E-state index in [0.717, 1.165) is 10.8 Å². The van der Waals surface area contributed by atoms with Crippen molar-refractivity contribution < 1.29 is 0 Å². The molecular formula is C15H16ClNS. The Balaban J connectivity index is 1.75. The predicted octanol–water partition coefficient (Wildman–Crippen LogP) is 4.74. The van der Waals surface area contributed by atoms with Crippen LogP contribution in [0, 0.1) is 0 Å². The lowest BCUT2D eigenvalue weighted by molar-refractivity contribution is 0.465. The van der Waals surface area contributed by atoms with E-state index in [-0.39, 0.29) is 0 Å². The molecule has 0 fully saturated rings. The van der Waals surface area contributed by atoms with E-state index < -0.39 is 0 Å². The van der Waals surface area contributed by atoms with Gasteiger partial charge in [0.25, 0.3) is 0 Å². The van der Waals surface area contributed by atoms with E-state index in [1.54, 1.807) is 11.3 Å². The SMILES string of the molecule is C[C@H](NC1CCc2sc(Cl)cc21)c1ccccc1. The Labute approximate surface area is 117 Å². The van der Waals surface area contributed by atoms with Crippen molar-refractivity contribution in [3.8, 4) is 0 Å². The van der Waals surface area contributed by atoms with Crippen molar-refractivity contribution >= 4 is 22.9 Å². The number of benzene rings is 1. The van der Waals surface area contributed by atoms with Crippen molar-refractivity contribution in [2.24, 2.45) is 0 Å². The van der Waals surface area contributed by atoms with Crippen LogP contribution >= 0.6 is 22.9 Å². The average molecular weight is 278 g/mol. The number of fused-ring (bicyclic) bond motifs is 1. The van der Waals surface area contributed by atoms with Crippen LogP contribution in [0.3, 0.4) is 0 Å². The maximum Gasteiger partial charge on any atom is 0.0934 e. The van der Waals surface area contributed by atoms with Crippen LogP contribution in [0.15, 0.2) is 36.4 Å². The molecule has 3 heteroatoms. The first kappa shape index (κ1) is 12.2. The van der Waals surface area contributed by atoms with Gasteiger partial charge in [0.05, 0.1) is 4.34 Å². The molecule has 0 saturated heterocycles. The molecule has 3 rings (SSSR count). The third-order valence-electron chi connectivity index (χ3n) is 3.60. The first-order chi connectivity index (χ1) is 8.74. The third-order valence-corrected chi connectivity index (χ3v) is 4.94. The Morgan fingerprint density at radius 1 is 1.33 bits per heavy atom. The quantitative estimate of drug-likeness (QED) is 0.854. The summed E-state index contributed by atoms with van der Waals surface area (Å²) < 4.78 is 0.916. The fourth-order valence-electron chi connectivity index (χ4n) is 2.64. The van der Waals surface area contributed by atoms with E-state index in [4.69, 9.17) is 11.6 Å². The van der Waals surface area contributed by atoms with Gasteiger partial charge in [-0.1, -0.05) is 41.9 Å². The highest BCUT2D eigenvalue weighted by Gasteiger charge is 2.26. The molecule has 2 aromatic rings. The molecule has 0 bridgehead atoms. The number of thiophene rings is 1. The molecule has 0 amide bonds. The highest BCUT2D eigenvalue weighted by Crippen LogP contribution is 2.40. The Morgan fingerprint density at radius 3 is 2.89 bits per heavy atom. The molecule has 0 saturated carbocycles. The van der Waals surface area contributed by atoms with E-state index in [9.17, 15) is 0 Å². The number of hydrogen-bond acceptors (Lipinski definition) is 2. The lowest BCUT2D eigenvalue weighted by Crippen LogP contribution is -2.22. The summed E-state index contributed by atoms with van der Waals surface area (Å²) in [4.78, 5) is 1.46. The largest absolute Gasteiger partial charge is 0.303 e. The molecule has 1 heterocycles. The topological polar surface area (TPSA) is 12.0 Å². The van der Waals surface area contributed by atoms with Crippen molar-refractivity contribution in [3.05, 3.63) is 56.7 Å². The van der Waals surface area contributed by atoms with E-state index in [1.807, 2.05) is 0 Å². The molecule has 0 spiro atoms. The van der Waals surface area contributed by atoms with Crippen molar-refractivity contribution in [2.75, 3.05) is 0 Å². The molecule has 1 aliphatic rings. The fourth-order valence-corrected chi connectivity index (χ4v) is 4.00. The van der Waals surface area contributed by atoms with E-state index in [0.29, 0.717) is 12.1 Å². The van der Waals surface area contributed by atoms with Crippen LogP contribution in [0.1, 0.15) is 41.4 Å². The molecule has 1 aromatic heterocycles. The smallest absolute Gasteiger partial charge is 0.0934 e. The minimum absolute atomic E-state index is 0.376. The molecule has 1 aromatic carbocycles. The van der Waals surface area contributed by atoms with Crippen LogP contribution in [0.4, 0.5) is 0 Å². The second-order valence-corrected chi connectivity index (χ2v) is 6.59. The van der Waals surface area contributed by atoms with Gasteiger partial charge in [-0.25, -0.2) is 0 Å². The first-order valence-electron chi connectivity index (χ1n) is 6.33. The van der Waals surface area contributed by atoms with Gasteiger partial charge in [-0.05, 0) is 37.0 Å². The fraction of sp³-hybridized carbons (Fsp3) is 0.333. The molecule has 1 aliphatic carbocycles. The lowest BCUT2D eigenvalue weighted by Gasteiger charge is -2.20. The molecule has 1 nitrogen and oxygen atoms in total. The van der Waals surface area contributed by atoms with Crippen molar-refractivity contribution in [2.45, 2.75) is 31.8 Å². The Bertz CT molecular complexity index is 535. The van der Waals surface area contributed by atoms with Crippen LogP contribution in [-0.2, 0) is 6.42 Å². The normalized spacial score (nSPS) is 19.8. The first-order valence-corrected chi connectivity index (χ1v) is 7.52. The second-order valence-electron chi connectivity index (χ2n) is 4.82. The standard InChI is InChI=1S/C15H16ClNS/c1-10(11-5-3-2-4-6-11)17-13-7-8-14-12(13)9-15(16)18-14/h2-6,9-10,13,17H,7-8H2,1H3/t10-,13?/m0/s1. The van der Waals surface area contributed by atoms with Gasteiger partial charge in [-0.15, -0.1) is 11.3 Å². The summed E-state index contributed by atoms with van der Waals surface area (Å²) in [5.74, 6) is 0. The summed E-state index contributed by atoms with van der Waals surface area (Å²) in [7, 11) is 0. The Kier molecular flexibility index (Phi) is 3.42. The van der Waals surface area contributed by atoms with E-state index in [1.165, 1.54) is 22.4 Å². The zero-order valence-corrected chi connectivity index (χ0v) is 11.9. The van der Waals surface area contributed by atoms with Gasteiger partial charge in [-0.3, -0.25) is 0 Å². The monoisotopic (exact) mass is 277 g/mol. The minimum Gasteiger partial charge on any atom is -0.303 e. The number of rotatable bonds is 3. The summed E-state index contributed by atoms with van der Waals surface area (Å²) in [6, 6.07) is 13.6. The van der Waals surface area contributed by atoms with E-state index in [2.05, 4.69) is 48.6 Å². The number of halogens is 1. The van der Waals surface area contributed by atoms with Gasteiger partial charge in [0.2, 0.25) is 0 Å². The number of nitrogens with one attached hydrogen (secondary N) is 1. The zero-order chi connectivity index (χ0) is 12.5. The molecule has 2 atom stereocenters. The van der Waals surface area contributed by atoms with Crippen LogP contribution in [0.25, 0.3) is 0 Å². The minimum atomic E-state index is 0.376. The molecule has 18 heavy (non-hydrogen) atoms. The van der Waals surface area contributed by atoms with Gasteiger partial charge in [0.1, 0.15) is 0 Å².